The second-order valence-corrected chi connectivity index (χ2v) is 7.31. The van der Waals surface area contributed by atoms with Gasteiger partial charge in [-0.25, -0.2) is 4.79 Å². The molecule has 7 nitrogen and oxygen atoms in total. The summed E-state index contributed by atoms with van der Waals surface area (Å²) in [6.07, 6.45) is 5.03. The fraction of sp³-hybridized carbons (Fsp3) is 0.812. The Bertz CT molecular complexity index is 416. The van der Waals surface area contributed by atoms with Gasteiger partial charge in [0.05, 0.1) is 6.54 Å². The summed E-state index contributed by atoms with van der Waals surface area (Å²) in [4.78, 5) is 34.2. The van der Waals surface area contributed by atoms with E-state index in [4.69, 9.17) is 5.11 Å². The number of amides is 2. The molecule has 0 fully saturated rings. The minimum atomic E-state index is -1.15. The van der Waals surface area contributed by atoms with Crippen molar-refractivity contribution >= 4 is 55.7 Å². The molecule has 152 valence electrons. The molecule has 0 aliphatic carbocycles. The average Bonchev–Trinajstić information content (AvgIpc) is 2.60. The lowest BCUT2D eigenvalue weighted by Gasteiger charge is -2.35. The zero-order valence-electron chi connectivity index (χ0n) is 14.9. The number of aliphatic carboxylic acids is 1. The third-order valence-corrected chi connectivity index (χ3v) is 4.70. The van der Waals surface area contributed by atoms with Gasteiger partial charge < -0.3 is 20.5 Å². The van der Waals surface area contributed by atoms with Crippen molar-refractivity contribution in [3.63, 3.8) is 0 Å². The number of nitrogens with one attached hydrogen (secondary N) is 2. The normalized spacial score (nSPS) is 11.2. The highest BCUT2D eigenvalue weighted by Crippen LogP contribution is 2.26. The minimum Gasteiger partial charge on any atom is -0.480 e. The summed E-state index contributed by atoms with van der Waals surface area (Å²) < 4.78 is 4.68. The molecule has 0 atom stereocenters. The van der Waals surface area contributed by atoms with Crippen molar-refractivity contribution in [3.8, 4) is 0 Å². The Labute approximate surface area is 171 Å². The van der Waals surface area contributed by atoms with Crippen molar-refractivity contribution in [1.82, 2.24) is 10.6 Å². The van der Waals surface area contributed by atoms with E-state index < -0.39 is 25.1 Å². The standard InChI is InChI=1S/C16H30N2O5S3/c19-13(10-17-14(20)11-23-12-15(21)22)18-16(4-1-7-24,5-2-8-25)6-3-9-26/h24-26H,1-12H2,(H,17,20)(H,18,19)(H,21,22). The molecule has 0 rings (SSSR count). The molecule has 2 amide bonds. The van der Waals surface area contributed by atoms with Gasteiger partial charge in [0.2, 0.25) is 11.8 Å². The molecule has 0 aromatic carbocycles. The van der Waals surface area contributed by atoms with Crippen LogP contribution in [0.15, 0.2) is 0 Å². The minimum absolute atomic E-state index is 0.181. The van der Waals surface area contributed by atoms with Gasteiger partial charge in [-0.15, -0.1) is 0 Å². The van der Waals surface area contributed by atoms with E-state index in [1.165, 1.54) is 0 Å². The van der Waals surface area contributed by atoms with Crippen LogP contribution in [-0.4, -0.2) is 65.4 Å². The van der Waals surface area contributed by atoms with Gasteiger partial charge in [-0.2, -0.15) is 37.9 Å². The predicted molar refractivity (Wildman–Crippen MR) is 112 cm³/mol. The topological polar surface area (TPSA) is 105 Å². The molecule has 3 N–H and O–H groups in total. The first-order valence-corrected chi connectivity index (χ1v) is 10.5. The van der Waals surface area contributed by atoms with E-state index in [0.29, 0.717) is 0 Å². The number of carbonyl (C=O) groups excluding carboxylic acids is 2. The van der Waals surface area contributed by atoms with E-state index in [-0.39, 0.29) is 18.0 Å². The highest BCUT2D eigenvalue weighted by molar-refractivity contribution is 7.80. The van der Waals surface area contributed by atoms with E-state index in [9.17, 15) is 14.4 Å². The van der Waals surface area contributed by atoms with Gasteiger partial charge in [0.25, 0.3) is 0 Å². The van der Waals surface area contributed by atoms with E-state index >= 15 is 0 Å². The number of carboxylic acids is 1. The molecule has 0 saturated carbocycles. The van der Waals surface area contributed by atoms with Gasteiger partial charge in [-0.1, -0.05) is 0 Å². The number of hydrogen-bond acceptors (Lipinski definition) is 7. The molecule has 26 heavy (non-hydrogen) atoms. The van der Waals surface area contributed by atoms with Crippen LogP contribution in [-0.2, 0) is 19.1 Å². The lowest BCUT2D eigenvalue weighted by atomic mass is 9.84. The molecule has 0 saturated heterocycles. The summed E-state index contributed by atoms with van der Waals surface area (Å²) in [5, 5.41) is 14.0. The van der Waals surface area contributed by atoms with Crippen LogP contribution >= 0.6 is 37.9 Å². The Morgan fingerprint density at radius 1 is 0.846 bits per heavy atom. The Hall–Kier alpha value is -0.580. The van der Waals surface area contributed by atoms with Crippen molar-refractivity contribution in [2.24, 2.45) is 0 Å². The maximum atomic E-state index is 12.3. The second kappa shape index (κ2) is 15.5. The highest BCUT2D eigenvalue weighted by Gasteiger charge is 2.30. The number of carbonyl (C=O) groups is 3. The predicted octanol–water partition coefficient (Wildman–Crippen LogP) is 1.19. The number of rotatable bonds is 16. The third-order valence-electron chi connectivity index (χ3n) is 3.75. The van der Waals surface area contributed by atoms with Gasteiger partial charge >= 0.3 is 5.97 Å². The molecule has 0 heterocycles. The molecular formula is C16H30N2O5S3. The number of ether oxygens (including phenoxy) is 1. The Morgan fingerprint density at radius 2 is 1.35 bits per heavy atom. The Balaban J connectivity index is 4.61. The lowest BCUT2D eigenvalue weighted by molar-refractivity contribution is -0.144. The highest BCUT2D eigenvalue weighted by atomic mass is 32.1. The van der Waals surface area contributed by atoms with Crippen LogP contribution in [0, 0.1) is 0 Å². The summed E-state index contributed by atoms with van der Waals surface area (Å²) in [6.45, 7) is -1.14. The summed E-state index contributed by atoms with van der Waals surface area (Å²) in [5.74, 6) is 0.227. The van der Waals surface area contributed by atoms with Crippen LogP contribution in [0.4, 0.5) is 0 Å². The van der Waals surface area contributed by atoms with Crippen LogP contribution in [0.3, 0.4) is 0 Å². The van der Waals surface area contributed by atoms with E-state index in [1.54, 1.807) is 0 Å². The average molecular weight is 427 g/mol. The lowest BCUT2D eigenvalue weighted by Crippen LogP contribution is -2.52. The van der Waals surface area contributed by atoms with Crippen LogP contribution in [0.5, 0.6) is 0 Å². The van der Waals surface area contributed by atoms with Crippen molar-refractivity contribution in [2.75, 3.05) is 37.0 Å². The fourth-order valence-electron chi connectivity index (χ4n) is 2.62. The number of thiol groups is 3. The van der Waals surface area contributed by atoms with E-state index in [1.807, 2.05) is 0 Å². The monoisotopic (exact) mass is 426 g/mol. The van der Waals surface area contributed by atoms with Crippen molar-refractivity contribution in [1.29, 1.82) is 0 Å². The molecule has 10 heteroatoms. The molecular weight excluding hydrogens is 396 g/mol. The maximum Gasteiger partial charge on any atom is 0.329 e. The van der Waals surface area contributed by atoms with Crippen molar-refractivity contribution in [3.05, 3.63) is 0 Å². The van der Waals surface area contributed by atoms with Crippen LogP contribution < -0.4 is 10.6 Å². The van der Waals surface area contributed by atoms with Crippen LogP contribution in [0.25, 0.3) is 0 Å². The number of hydrogen-bond donors (Lipinski definition) is 6. The van der Waals surface area contributed by atoms with Crippen molar-refractivity contribution < 1.29 is 24.2 Å². The second-order valence-electron chi connectivity index (χ2n) is 5.97. The van der Waals surface area contributed by atoms with Gasteiger partial charge in [-0.3, -0.25) is 9.59 Å². The molecule has 0 aliphatic rings. The SMILES string of the molecule is O=C(O)COCC(=O)NCC(=O)NC(CCCS)(CCCS)CCCS. The molecule has 0 radical (unpaired) electrons. The smallest absolute Gasteiger partial charge is 0.329 e. The molecule has 0 aromatic heterocycles. The molecule has 0 aromatic rings. The zero-order valence-corrected chi connectivity index (χ0v) is 17.6. The molecule has 0 bridgehead atoms. The molecule has 0 unspecified atom stereocenters. The van der Waals surface area contributed by atoms with E-state index in [0.717, 1.165) is 55.8 Å². The Morgan fingerprint density at radius 3 is 1.77 bits per heavy atom. The van der Waals surface area contributed by atoms with Gasteiger partial charge in [0.15, 0.2) is 0 Å². The maximum absolute atomic E-state index is 12.3. The molecule has 0 aliphatic heterocycles. The first-order valence-electron chi connectivity index (χ1n) is 8.59. The largest absolute Gasteiger partial charge is 0.480 e. The quantitative estimate of drug-likeness (QED) is 0.208. The third kappa shape index (κ3) is 12.7. The summed E-state index contributed by atoms with van der Waals surface area (Å²) in [5.41, 5.74) is -0.351. The Kier molecular flexibility index (Phi) is 15.1. The van der Waals surface area contributed by atoms with Gasteiger partial charge in [0.1, 0.15) is 13.2 Å². The number of carboxylic acid groups (broad SMARTS) is 1. The fourth-order valence-corrected chi connectivity index (χ4v) is 3.09. The summed E-state index contributed by atoms with van der Waals surface area (Å²) >= 11 is 12.8. The van der Waals surface area contributed by atoms with Crippen LogP contribution in [0.1, 0.15) is 38.5 Å². The summed E-state index contributed by atoms with van der Waals surface area (Å²) in [6, 6.07) is 0. The van der Waals surface area contributed by atoms with Crippen LogP contribution in [0.2, 0.25) is 0 Å². The van der Waals surface area contributed by atoms with Crippen molar-refractivity contribution in [2.45, 2.75) is 44.1 Å². The van der Waals surface area contributed by atoms with E-state index in [2.05, 4.69) is 53.3 Å². The van der Waals surface area contributed by atoms with Gasteiger partial charge in [-0.05, 0) is 55.8 Å². The van der Waals surface area contributed by atoms with Gasteiger partial charge in [0, 0.05) is 5.54 Å². The molecule has 0 spiro atoms. The first kappa shape index (κ1) is 25.4. The zero-order chi connectivity index (χ0) is 19.8. The summed E-state index contributed by atoms with van der Waals surface area (Å²) in [7, 11) is 0. The first-order chi connectivity index (χ1) is 12.4.